The summed E-state index contributed by atoms with van der Waals surface area (Å²) < 4.78 is 20.3. The Labute approximate surface area is 148 Å². The van der Waals surface area contributed by atoms with Crippen LogP contribution in [0, 0.1) is 12.7 Å². The SMILES string of the molecule is C=C(C)C(=O)c1c(C)c(F)c(C=O)c(Br)c1OCc1ccccc1. The van der Waals surface area contributed by atoms with E-state index >= 15 is 0 Å². The highest BCUT2D eigenvalue weighted by atomic mass is 79.9. The molecule has 2 aromatic rings. The van der Waals surface area contributed by atoms with Crippen LogP contribution in [-0.2, 0) is 6.61 Å². The molecule has 124 valence electrons. The Hall–Kier alpha value is -2.27. The second-order valence-electron chi connectivity index (χ2n) is 5.37. The summed E-state index contributed by atoms with van der Waals surface area (Å²) in [5.41, 5.74) is 1.11. The van der Waals surface area contributed by atoms with Crippen LogP contribution in [0.1, 0.15) is 38.8 Å². The molecule has 0 atom stereocenters. The maximum Gasteiger partial charge on any atom is 0.192 e. The van der Waals surface area contributed by atoms with Gasteiger partial charge in [0.15, 0.2) is 12.1 Å². The summed E-state index contributed by atoms with van der Waals surface area (Å²) in [4.78, 5) is 23.7. The molecule has 2 rings (SSSR count). The molecule has 0 saturated carbocycles. The lowest BCUT2D eigenvalue weighted by Gasteiger charge is -2.17. The molecule has 0 fully saturated rings. The van der Waals surface area contributed by atoms with Crippen molar-refractivity contribution in [1.82, 2.24) is 0 Å². The van der Waals surface area contributed by atoms with E-state index in [0.29, 0.717) is 6.29 Å². The van der Waals surface area contributed by atoms with Crippen LogP contribution in [0.4, 0.5) is 4.39 Å². The molecule has 2 aromatic carbocycles. The summed E-state index contributed by atoms with van der Waals surface area (Å²) in [5.74, 6) is -1.02. The molecule has 0 aromatic heterocycles. The molecule has 5 heteroatoms. The third-order valence-electron chi connectivity index (χ3n) is 3.56. The van der Waals surface area contributed by atoms with E-state index in [2.05, 4.69) is 22.5 Å². The molecule has 0 radical (unpaired) electrons. The highest BCUT2D eigenvalue weighted by Crippen LogP contribution is 2.38. The third-order valence-corrected chi connectivity index (χ3v) is 4.35. The summed E-state index contributed by atoms with van der Waals surface area (Å²) in [6, 6.07) is 9.33. The third kappa shape index (κ3) is 3.46. The van der Waals surface area contributed by atoms with Crippen LogP contribution in [-0.4, -0.2) is 12.1 Å². The van der Waals surface area contributed by atoms with Gasteiger partial charge in [0.1, 0.15) is 18.2 Å². The molecule has 0 saturated heterocycles. The average molecular weight is 391 g/mol. The zero-order valence-corrected chi connectivity index (χ0v) is 14.9. The maximum atomic E-state index is 14.4. The van der Waals surface area contributed by atoms with Crippen LogP contribution in [0.3, 0.4) is 0 Å². The number of ketones is 1. The summed E-state index contributed by atoms with van der Waals surface area (Å²) in [6.45, 7) is 6.79. The largest absolute Gasteiger partial charge is 0.487 e. The lowest BCUT2D eigenvalue weighted by Crippen LogP contribution is -2.11. The summed E-state index contributed by atoms with van der Waals surface area (Å²) in [5, 5.41) is 0. The molecular weight excluding hydrogens is 375 g/mol. The highest BCUT2D eigenvalue weighted by Gasteiger charge is 2.26. The summed E-state index contributed by atoms with van der Waals surface area (Å²) >= 11 is 3.19. The summed E-state index contributed by atoms with van der Waals surface area (Å²) in [6.07, 6.45) is 0.400. The Balaban J connectivity index is 2.58. The number of hydrogen-bond donors (Lipinski definition) is 0. The monoisotopic (exact) mass is 390 g/mol. The van der Waals surface area contributed by atoms with E-state index in [-0.39, 0.29) is 39.1 Å². The standard InChI is InChI=1S/C19H16BrFO3/c1-11(2)18(23)15-12(3)17(21)14(9-22)16(20)19(15)24-10-13-7-5-4-6-8-13/h4-9H,1,10H2,2-3H3. The van der Waals surface area contributed by atoms with Gasteiger partial charge in [0.2, 0.25) is 0 Å². The Kier molecular flexibility index (Phi) is 5.67. The van der Waals surface area contributed by atoms with Crippen LogP contribution in [0.2, 0.25) is 0 Å². The number of hydrogen-bond acceptors (Lipinski definition) is 3. The molecule has 0 bridgehead atoms. The van der Waals surface area contributed by atoms with Gasteiger partial charge in [-0.15, -0.1) is 0 Å². The number of halogens is 2. The van der Waals surface area contributed by atoms with E-state index in [1.165, 1.54) is 6.92 Å². The van der Waals surface area contributed by atoms with Crippen molar-refractivity contribution in [2.75, 3.05) is 0 Å². The van der Waals surface area contributed by atoms with Crippen LogP contribution in [0.15, 0.2) is 47.0 Å². The molecule has 0 spiro atoms. The fourth-order valence-corrected chi connectivity index (χ4v) is 2.85. The first-order valence-corrected chi connectivity index (χ1v) is 8.01. The van der Waals surface area contributed by atoms with Gasteiger partial charge >= 0.3 is 0 Å². The number of allylic oxidation sites excluding steroid dienone is 1. The predicted molar refractivity (Wildman–Crippen MR) is 94.1 cm³/mol. The van der Waals surface area contributed by atoms with Crippen molar-refractivity contribution in [3.63, 3.8) is 0 Å². The zero-order valence-electron chi connectivity index (χ0n) is 13.4. The van der Waals surface area contributed by atoms with Crippen molar-refractivity contribution in [3.05, 3.63) is 75.0 Å². The first kappa shape index (κ1) is 18.1. The minimum Gasteiger partial charge on any atom is -0.487 e. The first-order chi connectivity index (χ1) is 11.4. The van der Waals surface area contributed by atoms with Gasteiger partial charge in [-0.2, -0.15) is 0 Å². The van der Waals surface area contributed by atoms with Gasteiger partial charge in [-0.25, -0.2) is 4.39 Å². The van der Waals surface area contributed by atoms with Gasteiger partial charge in [0, 0.05) is 5.56 Å². The minimum absolute atomic E-state index is 0.0661. The van der Waals surface area contributed by atoms with Gasteiger partial charge < -0.3 is 4.74 Å². The van der Waals surface area contributed by atoms with Crippen molar-refractivity contribution < 1.29 is 18.7 Å². The molecule has 24 heavy (non-hydrogen) atoms. The Bertz CT molecular complexity index is 813. The number of Topliss-reactive ketones (excluding diaryl/α,β-unsaturated/α-hetero) is 1. The van der Waals surface area contributed by atoms with Gasteiger partial charge in [-0.3, -0.25) is 9.59 Å². The second-order valence-corrected chi connectivity index (χ2v) is 6.17. The molecule has 0 unspecified atom stereocenters. The molecule has 0 aliphatic rings. The molecule has 0 heterocycles. The number of aldehydes is 1. The minimum atomic E-state index is -0.742. The average Bonchev–Trinajstić information content (AvgIpc) is 2.57. The second kappa shape index (κ2) is 7.53. The smallest absolute Gasteiger partial charge is 0.192 e. The van der Waals surface area contributed by atoms with Gasteiger partial charge in [0.05, 0.1) is 15.6 Å². The van der Waals surface area contributed by atoms with E-state index < -0.39 is 11.6 Å². The van der Waals surface area contributed by atoms with E-state index in [4.69, 9.17) is 4.74 Å². The van der Waals surface area contributed by atoms with Crippen molar-refractivity contribution in [3.8, 4) is 5.75 Å². The van der Waals surface area contributed by atoms with Gasteiger partial charge in [-0.05, 0) is 40.9 Å². The van der Waals surface area contributed by atoms with E-state index in [0.717, 1.165) is 5.56 Å². The maximum absolute atomic E-state index is 14.4. The highest BCUT2D eigenvalue weighted by molar-refractivity contribution is 9.10. The Morgan fingerprint density at radius 3 is 2.50 bits per heavy atom. The number of benzene rings is 2. The topological polar surface area (TPSA) is 43.4 Å². The van der Waals surface area contributed by atoms with E-state index in [1.807, 2.05) is 30.3 Å². The Morgan fingerprint density at radius 1 is 1.33 bits per heavy atom. The van der Waals surface area contributed by atoms with Crippen LogP contribution in [0.5, 0.6) is 5.75 Å². The van der Waals surface area contributed by atoms with Crippen LogP contribution in [0.25, 0.3) is 0 Å². The van der Waals surface area contributed by atoms with Crippen LogP contribution >= 0.6 is 15.9 Å². The lowest BCUT2D eigenvalue weighted by atomic mass is 9.96. The predicted octanol–water partition coefficient (Wildman–Crippen LogP) is 5.05. The fourth-order valence-electron chi connectivity index (χ4n) is 2.27. The number of carbonyl (C=O) groups is 2. The molecule has 0 aliphatic heterocycles. The van der Waals surface area contributed by atoms with Crippen LogP contribution < -0.4 is 4.74 Å². The number of ether oxygens (including phenoxy) is 1. The van der Waals surface area contributed by atoms with Crippen molar-refractivity contribution >= 4 is 28.0 Å². The normalized spacial score (nSPS) is 10.3. The molecule has 3 nitrogen and oxygen atoms in total. The number of rotatable bonds is 6. The molecule has 0 N–H and O–H groups in total. The fraction of sp³-hybridized carbons (Fsp3) is 0.158. The zero-order chi connectivity index (χ0) is 17.9. The van der Waals surface area contributed by atoms with Gasteiger partial charge in [0.25, 0.3) is 0 Å². The van der Waals surface area contributed by atoms with E-state index in [9.17, 15) is 14.0 Å². The van der Waals surface area contributed by atoms with Crippen molar-refractivity contribution in [1.29, 1.82) is 0 Å². The quantitative estimate of drug-likeness (QED) is 0.393. The number of carbonyl (C=O) groups excluding carboxylic acids is 2. The first-order valence-electron chi connectivity index (χ1n) is 7.22. The Morgan fingerprint density at radius 2 is 1.96 bits per heavy atom. The summed E-state index contributed by atoms with van der Waals surface area (Å²) in [7, 11) is 0. The van der Waals surface area contributed by atoms with Crippen molar-refractivity contribution in [2.24, 2.45) is 0 Å². The molecule has 0 amide bonds. The van der Waals surface area contributed by atoms with Crippen molar-refractivity contribution in [2.45, 2.75) is 20.5 Å². The molecule has 0 aliphatic carbocycles. The lowest BCUT2D eigenvalue weighted by molar-refractivity contribution is 0.102. The molecular formula is C19H16BrFO3. The van der Waals surface area contributed by atoms with Gasteiger partial charge in [-0.1, -0.05) is 36.9 Å². The van der Waals surface area contributed by atoms with E-state index in [1.54, 1.807) is 6.92 Å².